The van der Waals surface area contributed by atoms with Crippen molar-refractivity contribution >= 4 is 22.7 Å². The minimum atomic E-state index is -0.571. The van der Waals surface area contributed by atoms with E-state index in [0.29, 0.717) is 34.6 Å². The molecule has 1 saturated heterocycles. The lowest BCUT2D eigenvalue weighted by Crippen LogP contribution is -2.40. The van der Waals surface area contributed by atoms with Crippen LogP contribution in [0.1, 0.15) is 48.2 Å². The lowest BCUT2D eigenvalue weighted by Gasteiger charge is -2.33. The molecule has 0 spiro atoms. The molecular weight excluding hydrogens is 333 g/mol. The Morgan fingerprint density at radius 1 is 1.31 bits per heavy atom. The van der Waals surface area contributed by atoms with Gasteiger partial charge >= 0.3 is 0 Å². The van der Waals surface area contributed by atoms with Crippen LogP contribution in [-0.4, -0.2) is 34.8 Å². The number of benzene rings is 1. The van der Waals surface area contributed by atoms with Crippen LogP contribution in [-0.2, 0) is 4.79 Å². The van der Waals surface area contributed by atoms with Gasteiger partial charge in [0, 0.05) is 30.3 Å². The Kier molecular flexibility index (Phi) is 4.13. The Labute approximate surface area is 151 Å². The van der Waals surface area contributed by atoms with Crippen molar-refractivity contribution in [1.29, 1.82) is 0 Å². The number of piperidine rings is 1. The van der Waals surface area contributed by atoms with Crippen LogP contribution in [0.3, 0.4) is 0 Å². The number of likely N-dealkylation sites (tertiary alicyclic amines) is 1. The van der Waals surface area contributed by atoms with E-state index >= 15 is 0 Å². The monoisotopic (exact) mass is 355 g/mol. The molecule has 2 aliphatic rings. The van der Waals surface area contributed by atoms with E-state index in [9.17, 15) is 14.0 Å². The first-order valence-electron chi connectivity index (χ1n) is 9.13. The van der Waals surface area contributed by atoms with Crippen LogP contribution in [0.5, 0.6) is 0 Å². The van der Waals surface area contributed by atoms with Crippen molar-refractivity contribution in [3.8, 4) is 0 Å². The van der Waals surface area contributed by atoms with Gasteiger partial charge in [-0.3, -0.25) is 14.6 Å². The van der Waals surface area contributed by atoms with Crippen LogP contribution < -0.4 is 5.73 Å². The van der Waals surface area contributed by atoms with E-state index in [1.807, 2.05) is 4.90 Å². The standard InChI is InChI=1S/C20H22FN3O2/c1-11-7-15(11)20(26)24-6-2-3-12(10-24)18-16(19(22)25)9-13-8-14(21)4-5-17(13)23-18/h4-5,8-9,11-12,15H,2-3,6-7,10H2,1H3,(H2,22,25). The maximum atomic E-state index is 13.5. The second kappa shape index (κ2) is 6.34. The number of hydrogen-bond acceptors (Lipinski definition) is 3. The molecule has 3 atom stereocenters. The first-order valence-corrected chi connectivity index (χ1v) is 9.13. The molecule has 4 rings (SSSR count). The smallest absolute Gasteiger partial charge is 0.250 e. The molecule has 1 aromatic carbocycles. The van der Waals surface area contributed by atoms with Crippen molar-refractivity contribution in [3.63, 3.8) is 0 Å². The fourth-order valence-electron chi connectivity index (χ4n) is 3.97. The zero-order valence-electron chi connectivity index (χ0n) is 14.7. The Morgan fingerprint density at radius 3 is 2.77 bits per heavy atom. The number of rotatable bonds is 3. The summed E-state index contributed by atoms with van der Waals surface area (Å²) in [6.45, 7) is 3.41. The molecule has 3 unspecified atom stereocenters. The highest BCUT2D eigenvalue weighted by Crippen LogP contribution is 2.40. The molecule has 1 aliphatic heterocycles. The van der Waals surface area contributed by atoms with Gasteiger partial charge in [-0.15, -0.1) is 0 Å². The van der Waals surface area contributed by atoms with E-state index in [1.165, 1.54) is 12.1 Å². The molecule has 2 heterocycles. The molecule has 1 saturated carbocycles. The van der Waals surface area contributed by atoms with Crippen LogP contribution in [0.4, 0.5) is 4.39 Å². The Bertz CT molecular complexity index is 898. The van der Waals surface area contributed by atoms with Gasteiger partial charge in [-0.05, 0) is 49.4 Å². The molecular formula is C20H22FN3O2. The lowest BCUT2D eigenvalue weighted by atomic mass is 9.90. The van der Waals surface area contributed by atoms with Crippen molar-refractivity contribution < 1.29 is 14.0 Å². The van der Waals surface area contributed by atoms with Crippen molar-refractivity contribution in [2.45, 2.75) is 32.1 Å². The molecule has 1 aromatic heterocycles. The van der Waals surface area contributed by atoms with Gasteiger partial charge in [0.2, 0.25) is 5.91 Å². The highest BCUT2D eigenvalue weighted by molar-refractivity contribution is 5.98. The molecule has 2 N–H and O–H groups in total. The summed E-state index contributed by atoms with van der Waals surface area (Å²) in [6, 6.07) is 5.93. The summed E-state index contributed by atoms with van der Waals surface area (Å²) in [7, 11) is 0. The van der Waals surface area contributed by atoms with Gasteiger partial charge in [0.05, 0.1) is 16.8 Å². The Balaban J connectivity index is 1.68. The molecule has 2 aromatic rings. The van der Waals surface area contributed by atoms with Crippen molar-refractivity contribution in [2.24, 2.45) is 17.6 Å². The topological polar surface area (TPSA) is 76.3 Å². The number of aromatic nitrogens is 1. The molecule has 6 heteroatoms. The summed E-state index contributed by atoms with van der Waals surface area (Å²) >= 11 is 0. The summed E-state index contributed by atoms with van der Waals surface area (Å²) in [5.41, 5.74) is 7.14. The van der Waals surface area contributed by atoms with Gasteiger partial charge in [-0.25, -0.2) is 4.39 Å². The average molecular weight is 355 g/mol. The Hall–Kier alpha value is -2.50. The van der Waals surface area contributed by atoms with E-state index < -0.39 is 5.91 Å². The summed E-state index contributed by atoms with van der Waals surface area (Å²) < 4.78 is 13.5. The normalized spacial score (nSPS) is 25.3. The molecule has 1 aliphatic carbocycles. The summed E-state index contributed by atoms with van der Waals surface area (Å²) in [6.07, 6.45) is 2.69. The SMILES string of the molecule is CC1CC1C(=O)N1CCCC(c2nc3ccc(F)cc3cc2C(N)=O)C1. The Morgan fingerprint density at radius 2 is 2.08 bits per heavy atom. The van der Waals surface area contributed by atoms with Gasteiger partial charge in [-0.2, -0.15) is 0 Å². The van der Waals surface area contributed by atoms with Crippen LogP contribution in [0.15, 0.2) is 24.3 Å². The van der Waals surface area contributed by atoms with Crippen molar-refractivity contribution in [3.05, 3.63) is 41.3 Å². The van der Waals surface area contributed by atoms with Crippen LogP contribution in [0.2, 0.25) is 0 Å². The predicted octanol–water partition coefficient (Wildman–Crippen LogP) is 2.83. The second-order valence-electron chi connectivity index (χ2n) is 7.57. The van der Waals surface area contributed by atoms with Crippen molar-refractivity contribution in [1.82, 2.24) is 9.88 Å². The number of pyridine rings is 1. The third-order valence-corrected chi connectivity index (χ3v) is 5.62. The summed E-state index contributed by atoms with van der Waals surface area (Å²) in [4.78, 5) is 31.1. The van der Waals surface area contributed by atoms with Crippen LogP contribution >= 0.6 is 0 Å². The maximum absolute atomic E-state index is 13.5. The van der Waals surface area contributed by atoms with Gasteiger partial charge in [0.15, 0.2) is 0 Å². The number of nitrogens with two attached hydrogens (primary N) is 1. The molecule has 2 fully saturated rings. The van der Waals surface area contributed by atoms with E-state index in [-0.39, 0.29) is 23.6 Å². The first-order chi connectivity index (χ1) is 12.4. The van der Waals surface area contributed by atoms with E-state index in [0.717, 1.165) is 25.8 Å². The molecule has 0 radical (unpaired) electrons. The van der Waals surface area contributed by atoms with Gasteiger partial charge in [0.25, 0.3) is 5.91 Å². The summed E-state index contributed by atoms with van der Waals surface area (Å²) in [5, 5.41) is 0.554. The number of primary amides is 1. The quantitative estimate of drug-likeness (QED) is 0.920. The number of carbonyl (C=O) groups excluding carboxylic acids is 2. The molecule has 26 heavy (non-hydrogen) atoms. The van der Waals surface area contributed by atoms with Gasteiger partial charge in [-0.1, -0.05) is 6.92 Å². The fraction of sp³-hybridized carbons (Fsp3) is 0.450. The third-order valence-electron chi connectivity index (χ3n) is 5.62. The van der Waals surface area contributed by atoms with Crippen LogP contribution in [0.25, 0.3) is 10.9 Å². The molecule has 0 bridgehead atoms. The van der Waals surface area contributed by atoms with E-state index in [2.05, 4.69) is 11.9 Å². The second-order valence-corrected chi connectivity index (χ2v) is 7.57. The molecule has 2 amide bonds. The number of halogens is 1. The fourth-order valence-corrected chi connectivity index (χ4v) is 3.97. The van der Waals surface area contributed by atoms with E-state index in [1.54, 1.807) is 12.1 Å². The zero-order valence-corrected chi connectivity index (χ0v) is 14.7. The van der Waals surface area contributed by atoms with E-state index in [4.69, 9.17) is 5.73 Å². The predicted molar refractivity (Wildman–Crippen MR) is 96.0 cm³/mol. The third kappa shape index (κ3) is 3.04. The average Bonchev–Trinajstić information content (AvgIpc) is 3.36. The molecule has 136 valence electrons. The van der Waals surface area contributed by atoms with Crippen LogP contribution in [0, 0.1) is 17.7 Å². The number of amides is 2. The van der Waals surface area contributed by atoms with Gasteiger partial charge < -0.3 is 10.6 Å². The lowest BCUT2D eigenvalue weighted by molar-refractivity contribution is -0.134. The highest BCUT2D eigenvalue weighted by atomic mass is 19.1. The highest BCUT2D eigenvalue weighted by Gasteiger charge is 2.42. The zero-order chi connectivity index (χ0) is 18.4. The number of carbonyl (C=O) groups is 2. The minimum Gasteiger partial charge on any atom is -0.366 e. The van der Waals surface area contributed by atoms with Crippen molar-refractivity contribution in [2.75, 3.05) is 13.1 Å². The number of nitrogens with zero attached hydrogens (tertiary/aromatic N) is 2. The number of hydrogen-bond donors (Lipinski definition) is 1. The maximum Gasteiger partial charge on any atom is 0.250 e. The molecule has 5 nitrogen and oxygen atoms in total. The minimum absolute atomic E-state index is 0.0290. The summed E-state index contributed by atoms with van der Waals surface area (Å²) in [5.74, 6) is -0.146. The van der Waals surface area contributed by atoms with Gasteiger partial charge in [0.1, 0.15) is 5.82 Å². The number of fused-ring (bicyclic) bond motifs is 1. The first kappa shape index (κ1) is 16.9. The largest absolute Gasteiger partial charge is 0.366 e.